The summed E-state index contributed by atoms with van der Waals surface area (Å²) in [6, 6.07) is 12.7. The number of ketones is 1. The summed E-state index contributed by atoms with van der Waals surface area (Å²) in [5.41, 5.74) is 1.63. The monoisotopic (exact) mass is 392 g/mol. The van der Waals surface area contributed by atoms with Crippen LogP contribution in [-0.2, 0) is 14.8 Å². The molecule has 0 spiro atoms. The quantitative estimate of drug-likeness (QED) is 0.729. The molecule has 0 fully saturated rings. The first kappa shape index (κ1) is 20.0. The van der Waals surface area contributed by atoms with Gasteiger partial charge in [0.1, 0.15) is 0 Å². The maximum absolute atomic E-state index is 12.6. The summed E-state index contributed by atoms with van der Waals surface area (Å²) < 4.78 is 27.6. The Morgan fingerprint density at radius 3 is 2.31 bits per heavy atom. The van der Waals surface area contributed by atoms with E-state index in [0.717, 1.165) is 17.4 Å². The molecular formula is C18H20N2O4S2. The zero-order chi connectivity index (χ0) is 19.3. The Bertz CT molecular complexity index is 907. The van der Waals surface area contributed by atoms with E-state index in [9.17, 15) is 18.0 Å². The second-order valence-electron chi connectivity index (χ2n) is 5.78. The molecule has 0 saturated carbocycles. The van der Waals surface area contributed by atoms with Crippen LogP contribution in [0.5, 0.6) is 0 Å². The molecule has 2 aromatic rings. The van der Waals surface area contributed by atoms with Crippen LogP contribution in [-0.4, -0.2) is 39.2 Å². The Morgan fingerprint density at radius 1 is 1.08 bits per heavy atom. The number of thioether (sulfide) groups is 1. The molecule has 0 aliphatic heterocycles. The van der Waals surface area contributed by atoms with Gasteiger partial charge in [-0.25, -0.2) is 8.42 Å². The third-order valence-corrected chi connectivity index (χ3v) is 5.70. The summed E-state index contributed by atoms with van der Waals surface area (Å²) in [6.07, 6.45) is 0. The van der Waals surface area contributed by atoms with Gasteiger partial charge >= 0.3 is 0 Å². The smallest absolute Gasteiger partial charge is 0.261 e. The van der Waals surface area contributed by atoms with E-state index in [4.69, 9.17) is 0 Å². The van der Waals surface area contributed by atoms with Gasteiger partial charge in [-0.05, 0) is 36.4 Å². The molecule has 138 valence electrons. The number of hydrogen-bond donors (Lipinski definition) is 1. The number of nitrogens with one attached hydrogen (secondary N) is 1. The average molecular weight is 393 g/mol. The summed E-state index contributed by atoms with van der Waals surface area (Å²) in [7, 11) is -0.0335. The number of benzene rings is 2. The summed E-state index contributed by atoms with van der Waals surface area (Å²) >= 11 is 0.896. The molecule has 2 aromatic carbocycles. The highest BCUT2D eigenvalue weighted by Crippen LogP contribution is 2.20. The minimum Gasteiger partial charge on any atom is -0.378 e. The van der Waals surface area contributed by atoms with E-state index in [1.54, 1.807) is 24.3 Å². The molecular weight excluding hydrogens is 372 g/mol. The first-order valence-corrected chi connectivity index (χ1v) is 10.2. The maximum atomic E-state index is 12.6. The Hall–Kier alpha value is -2.32. The van der Waals surface area contributed by atoms with Crippen molar-refractivity contribution in [2.45, 2.75) is 11.8 Å². The predicted octanol–water partition coefficient (Wildman–Crippen LogP) is 3.02. The molecule has 2 rings (SSSR count). The molecule has 0 atom stereocenters. The topological polar surface area (TPSA) is 83.5 Å². The molecule has 1 N–H and O–H groups in total. The Morgan fingerprint density at radius 2 is 1.73 bits per heavy atom. The largest absolute Gasteiger partial charge is 0.378 e. The standard InChI is InChI=1S/C18H20N2O4S2/c1-13(21)25-12-18(22)14-5-4-6-17(11-14)26(23,24)19-15-7-9-16(10-8-15)20(2)3/h4-11,19H,12H2,1-3H3. The lowest BCUT2D eigenvalue weighted by Crippen LogP contribution is -2.14. The predicted molar refractivity (Wildman–Crippen MR) is 105 cm³/mol. The van der Waals surface area contributed by atoms with Crippen molar-refractivity contribution in [3.63, 3.8) is 0 Å². The SMILES string of the molecule is CC(=O)SCC(=O)c1cccc(S(=O)(=O)Nc2ccc(N(C)C)cc2)c1. The highest BCUT2D eigenvalue weighted by molar-refractivity contribution is 8.14. The van der Waals surface area contributed by atoms with Gasteiger partial charge in [-0.3, -0.25) is 14.3 Å². The van der Waals surface area contributed by atoms with Gasteiger partial charge in [0.05, 0.1) is 10.6 Å². The van der Waals surface area contributed by atoms with Crippen molar-refractivity contribution in [1.82, 2.24) is 0 Å². The van der Waals surface area contributed by atoms with Gasteiger partial charge in [-0.15, -0.1) is 0 Å². The van der Waals surface area contributed by atoms with Crippen molar-refractivity contribution in [3.8, 4) is 0 Å². The van der Waals surface area contributed by atoms with E-state index in [1.807, 2.05) is 19.0 Å². The fourth-order valence-corrected chi connectivity index (χ4v) is 3.73. The van der Waals surface area contributed by atoms with Crippen LogP contribution in [0.2, 0.25) is 0 Å². The van der Waals surface area contributed by atoms with Crippen molar-refractivity contribution in [2.75, 3.05) is 29.5 Å². The summed E-state index contributed by atoms with van der Waals surface area (Å²) in [6.45, 7) is 1.38. The van der Waals surface area contributed by atoms with Gasteiger partial charge in [-0.1, -0.05) is 23.9 Å². The van der Waals surface area contributed by atoms with Crippen LogP contribution in [0.15, 0.2) is 53.4 Å². The molecule has 6 nitrogen and oxygen atoms in total. The Kier molecular flexibility index (Phi) is 6.44. The summed E-state index contributed by atoms with van der Waals surface area (Å²) in [5.74, 6) is -0.310. The minimum atomic E-state index is -3.82. The number of rotatable bonds is 7. The first-order valence-electron chi connectivity index (χ1n) is 7.76. The van der Waals surface area contributed by atoms with Gasteiger partial charge in [0, 0.05) is 38.0 Å². The van der Waals surface area contributed by atoms with Crippen molar-refractivity contribution < 1.29 is 18.0 Å². The average Bonchev–Trinajstić information content (AvgIpc) is 2.60. The number of carbonyl (C=O) groups is 2. The van der Waals surface area contributed by atoms with Crippen LogP contribution < -0.4 is 9.62 Å². The Balaban J connectivity index is 2.19. The maximum Gasteiger partial charge on any atom is 0.261 e. The molecule has 0 bridgehead atoms. The van der Waals surface area contributed by atoms with Crippen LogP contribution in [0.3, 0.4) is 0 Å². The molecule has 0 heterocycles. The number of sulfonamides is 1. The molecule has 0 saturated heterocycles. The fourth-order valence-electron chi connectivity index (χ4n) is 2.13. The lowest BCUT2D eigenvalue weighted by atomic mass is 10.1. The number of carbonyl (C=O) groups excluding carboxylic acids is 2. The van der Waals surface area contributed by atoms with Crippen LogP contribution >= 0.6 is 11.8 Å². The summed E-state index contributed by atoms with van der Waals surface area (Å²) in [5, 5.41) is -0.162. The van der Waals surface area contributed by atoms with Gasteiger partial charge in [-0.2, -0.15) is 0 Å². The second kappa shape index (κ2) is 8.37. The molecule has 8 heteroatoms. The first-order chi connectivity index (χ1) is 12.2. The van der Waals surface area contributed by atoms with Gasteiger partial charge < -0.3 is 4.90 Å². The van der Waals surface area contributed by atoms with E-state index in [-0.39, 0.29) is 27.1 Å². The third kappa shape index (κ3) is 5.34. The number of nitrogens with zero attached hydrogens (tertiary/aromatic N) is 1. The van der Waals surface area contributed by atoms with Gasteiger partial charge in [0.15, 0.2) is 10.9 Å². The highest BCUT2D eigenvalue weighted by atomic mass is 32.2. The summed E-state index contributed by atoms with van der Waals surface area (Å²) in [4.78, 5) is 25.0. The normalized spacial score (nSPS) is 11.0. The molecule has 0 amide bonds. The number of Topliss-reactive ketones (excluding diaryl/α,β-unsaturated/α-hetero) is 1. The molecule has 0 aliphatic carbocycles. The van der Waals surface area contributed by atoms with Crippen LogP contribution in [0.4, 0.5) is 11.4 Å². The van der Waals surface area contributed by atoms with Crippen molar-refractivity contribution in [2.24, 2.45) is 0 Å². The zero-order valence-electron chi connectivity index (χ0n) is 14.7. The van der Waals surface area contributed by atoms with E-state index in [2.05, 4.69) is 4.72 Å². The van der Waals surface area contributed by atoms with Crippen molar-refractivity contribution in [3.05, 3.63) is 54.1 Å². The van der Waals surface area contributed by atoms with Crippen LogP contribution in [0.25, 0.3) is 0 Å². The van der Waals surface area contributed by atoms with E-state index in [1.165, 1.54) is 31.2 Å². The van der Waals surface area contributed by atoms with Crippen LogP contribution in [0.1, 0.15) is 17.3 Å². The van der Waals surface area contributed by atoms with E-state index < -0.39 is 10.0 Å². The highest BCUT2D eigenvalue weighted by Gasteiger charge is 2.17. The minimum absolute atomic E-state index is 0.00661. The molecule has 0 unspecified atom stereocenters. The van der Waals surface area contributed by atoms with Gasteiger partial charge in [0.25, 0.3) is 10.0 Å². The molecule has 0 radical (unpaired) electrons. The zero-order valence-corrected chi connectivity index (χ0v) is 16.4. The third-order valence-electron chi connectivity index (χ3n) is 3.51. The second-order valence-corrected chi connectivity index (χ2v) is 8.61. The van der Waals surface area contributed by atoms with E-state index in [0.29, 0.717) is 5.69 Å². The number of hydrogen-bond acceptors (Lipinski definition) is 6. The van der Waals surface area contributed by atoms with E-state index >= 15 is 0 Å². The number of anilines is 2. The lowest BCUT2D eigenvalue weighted by molar-refractivity contribution is -0.109. The van der Waals surface area contributed by atoms with Gasteiger partial charge in [0.2, 0.25) is 0 Å². The van der Waals surface area contributed by atoms with Crippen molar-refractivity contribution >= 4 is 44.1 Å². The molecule has 0 aliphatic rings. The lowest BCUT2D eigenvalue weighted by Gasteiger charge is -2.13. The molecule has 0 aromatic heterocycles. The Labute approximate surface area is 157 Å². The fraction of sp³-hybridized carbons (Fsp3) is 0.222. The molecule has 26 heavy (non-hydrogen) atoms. The van der Waals surface area contributed by atoms with Crippen molar-refractivity contribution in [1.29, 1.82) is 0 Å². The van der Waals surface area contributed by atoms with Crippen LogP contribution in [0, 0.1) is 0 Å².